The first kappa shape index (κ1) is 18.4. The molecule has 1 aromatic heterocycles. The summed E-state index contributed by atoms with van der Waals surface area (Å²) in [5.74, 6) is 0.0728. The second-order valence-corrected chi connectivity index (χ2v) is 7.40. The van der Waals surface area contributed by atoms with E-state index in [1.165, 1.54) is 0 Å². The van der Waals surface area contributed by atoms with Crippen LogP contribution in [0.15, 0.2) is 73.1 Å². The maximum absolute atomic E-state index is 13.1. The number of aromatic nitrogens is 1. The molecule has 0 bridgehead atoms. The van der Waals surface area contributed by atoms with Crippen LogP contribution in [0, 0.1) is 0 Å². The van der Waals surface area contributed by atoms with E-state index in [1.54, 1.807) is 19.3 Å². The Bertz CT molecular complexity index is 948. The third-order valence-electron chi connectivity index (χ3n) is 5.18. The Labute approximate surface area is 165 Å². The lowest BCUT2D eigenvalue weighted by atomic mass is 10.00. The third-order valence-corrected chi connectivity index (χ3v) is 5.18. The number of benzene rings is 2. The lowest BCUT2D eigenvalue weighted by Gasteiger charge is -2.23. The number of hydrogen-bond donors (Lipinski definition) is 1. The van der Waals surface area contributed by atoms with E-state index in [9.17, 15) is 9.90 Å². The van der Waals surface area contributed by atoms with Crippen LogP contribution in [0.1, 0.15) is 47.4 Å². The average Bonchev–Trinajstić information content (AvgIpc) is 3.58. The van der Waals surface area contributed by atoms with Gasteiger partial charge in [0.2, 0.25) is 0 Å². The molecule has 3 aromatic rings. The van der Waals surface area contributed by atoms with Crippen LogP contribution in [-0.4, -0.2) is 26.9 Å². The number of aliphatic hydroxyl groups excluding tert-OH is 1. The lowest BCUT2D eigenvalue weighted by Crippen LogP contribution is -2.32. The number of pyridine rings is 1. The van der Waals surface area contributed by atoms with Crippen molar-refractivity contribution in [3.63, 3.8) is 0 Å². The first-order valence-electron chi connectivity index (χ1n) is 9.70. The van der Waals surface area contributed by atoms with Gasteiger partial charge in [0.15, 0.2) is 0 Å². The quantitative estimate of drug-likeness (QED) is 0.688. The molecule has 1 fully saturated rings. The number of carbonyl (C=O) groups is 1. The monoisotopic (exact) mass is 372 g/mol. The van der Waals surface area contributed by atoms with Crippen LogP contribution in [0.2, 0.25) is 0 Å². The van der Waals surface area contributed by atoms with E-state index in [0.29, 0.717) is 18.2 Å². The Kier molecular flexibility index (Phi) is 5.22. The Hall–Kier alpha value is -2.98. The highest BCUT2D eigenvalue weighted by atomic mass is 16.3. The SMILES string of the molecule is C[C@@H](O)c1cccc(-c2ccc(C(=O)N(Cc3ccncc3)C3CC3)cc2)c1. The second kappa shape index (κ2) is 7.95. The van der Waals surface area contributed by atoms with Gasteiger partial charge < -0.3 is 10.0 Å². The number of nitrogens with zero attached hydrogens (tertiary/aromatic N) is 2. The smallest absolute Gasteiger partial charge is 0.254 e. The van der Waals surface area contributed by atoms with E-state index in [2.05, 4.69) is 4.98 Å². The van der Waals surface area contributed by atoms with Gasteiger partial charge in [-0.15, -0.1) is 0 Å². The van der Waals surface area contributed by atoms with Crippen molar-refractivity contribution >= 4 is 5.91 Å². The van der Waals surface area contributed by atoms with Gasteiger partial charge in [-0.2, -0.15) is 0 Å². The first-order valence-corrected chi connectivity index (χ1v) is 9.70. The molecule has 2 aromatic carbocycles. The van der Waals surface area contributed by atoms with Crippen molar-refractivity contribution in [2.75, 3.05) is 0 Å². The third kappa shape index (κ3) is 4.12. The molecule has 1 N–H and O–H groups in total. The minimum Gasteiger partial charge on any atom is -0.389 e. The molecular formula is C24H24N2O2. The maximum atomic E-state index is 13.1. The van der Waals surface area contributed by atoms with Crippen molar-refractivity contribution in [1.29, 1.82) is 0 Å². The molecule has 142 valence electrons. The lowest BCUT2D eigenvalue weighted by molar-refractivity contribution is 0.0730. The fraction of sp³-hybridized carbons (Fsp3) is 0.250. The predicted octanol–water partition coefficient (Wildman–Crippen LogP) is 4.61. The summed E-state index contributed by atoms with van der Waals surface area (Å²) in [6, 6.07) is 19.9. The molecule has 1 aliphatic rings. The number of aliphatic hydroxyl groups is 1. The molecule has 1 aliphatic carbocycles. The van der Waals surface area contributed by atoms with Gasteiger partial charge in [0.25, 0.3) is 5.91 Å². The van der Waals surface area contributed by atoms with Crippen LogP contribution in [0.4, 0.5) is 0 Å². The average molecular weight is 372 g/mol. The molecular weight excluding hydrogens is 348 g/mol. The molecule has 1 saturated carbocycles. The van der Waals surface area contributed by atoms with Crippen molar-refractivity contribution < 1.29 is 9.90 Å². The summed E-state index contributed by atoms with van der Waals surface area (Å²) in [5, 5.41) is 9.80. The van der Waals surface area contributed by atoms with Gasteiger partial charge in [-0.3, -0.25) is 9.78 Å². The largest absolute Gasteiger partial charge is 0.389 e. The molecule has 4 rings (SSSR count). The van der Waals surface area contributed by atoms with E-state index >= 15 is 0 Å². The summed E-state index contributed by atoms with van der Waals surface area (Å²) in [7, 11) is 0. The van der Waals surface area contributed by atoms with E-state index in [1.807, 2.05) is 65.6 Å². The Balaban J connectivity index is 1.54. The zero-order valence-electron chi connectivity index (χ0n) is 16.0. The molecule has 0 unspecified atom stereocenters. The molecule has 4 nitrogen and oxygen atoms in total. The van der Waals surface area contributed by atoms with Crippen molar-refractivity contribution in [3.05, 3.63) is 89.7 Å². The topological polar surface area (TPSA) is 53.4 Å². The highest BCUT2D eigenvalue weighted by molar-refractivity contribution is 5.95. The Morgan fingerprint density at radius 3 is 2.43 bits per heavy atom. The van der Waals surface area contributed by atoms with E-state index in [4.69, 9.17) is 0 Å². The standard InChI is InChI=1S/C24H24N2O2/c1-17(27)21-3-2-4-22(15-21)19-5-7-20(8-6-19)24(28)26(23-9-10-23)16-18-11-13-25-14-12-18/h2-8,11-15,17,23,27H,9-10,16H2,1H3/t17-/m1/s1. The molecule has 0 saturated heterocycles. The summed E-state index contributed by atoms with van der Waals surface area (Å²) in [4.78, 5) is 19.1. The molecule has 0 spiro atoms. The zero-order valence-corrected chi connectivity index (χ0v) is 16.0. The molecule has 28 heavy (non-hydrogen) atoms. The summed E-state index contributed by atoms with van der Waals surface area (Å²) in [6.07, 6.45) is 5.17. The van der Waals surface area contributed by atoms with Crippen molar-refractivity contribution in [2.24, 2.45) is 0 Å². The van der Waals surface area contributed by atoms with Crippen LogP contribution in [-0.2, 0) is 6.54 Å². The minimum absolute atomic E-state index is 0.0728. The molecule has 4 heteroatoms. The van der Waals surface area contributed by atoms with Crippen LogP contribution in [0.3, 0.4) is 0 Å². The van der Waals surface area contributed by atoms with Gasteiger partial charge >= 0.3 is 0 Å². The van der Waals surface area contributed by atoms with E-state index in [-0.39, 0.29) is 5.91 Å². The molecule has 1 heterocycles. The normalized spacial score (nSPS) is 14.5. The van der Waals surface area contributed by atoms with Gasteiger partial charge in [0.05, 0.1) is 6.10 Å². The fourth-order valence-corrected chi connectivity index (χ4v) is 3.39. The Morgan fingerprint density at radius 1 is 1.07 bits per heavy atom. The molecule has 1 atom stereocenters. The molecule has 0 radical (unpaired) electrons. The van der Waals surface area contributed by atoms with Gasteiger partial charge in [0.1, 0.15) is 0 Å². The summed E-state index contributed by atoms with van der Waals surface area (Å²) < 4.78 is 0. The number of carbonyl (C=O) groups excluding carboxylic acids is 1. The van der Waals surface area contributed by atoms with E-state index < -0.39 is 6.10 Å². The van der Waals surface area contributed by atoms with Crippen molar-refractivity contribution in [3.8, 4) is 11.1 Å². The highest BCUT2D eigenvalue weighted by Gasteiger charge is 2.33. The minimum atomic E-state index is -0.499. The maximum Gasteiger partial charge on any atom is 0.254 e. The summed E-state index contributed by atoms with van der Waals surface area (Å²) >= 11 is 0. The van der Waals surface area contributed by atoms with Gasteiger partial charge in [-0.25, -0.2) is 0 Å². The predicted molar refractivity (Wildman–Crippen MR) is 110 cm³/mol. The molecule has 1 amide bonds. The van der Waals surface area contributed by atoms with Crippen molar-refractivity contribution in [1.82, 2.24) is 9.88 Å². The fourth-order valence-electron chi connectivity index (χ4n) is 3.39. The first-order chi connectivity index (χ1) is 13.6. The van der Waals surface area contributed by atoms with Crippen molar-refractivity contribution in [2.45, 2.75) is 38.5 Å². The van der Waals surface area contributed by atoms with Gasteiger partial charge in [0, 0.05) is 30.5 Å². The van der Waals surface area contributed by atoms with Crippen LogP contribution in [0.5, 0.6) is 0 Å². The number of hydrogen-bond acceptors (Lipinski definition) is 3. The van der Waals surface area contributed by atoms with E-state index in [0.717, 1.165) is 35.1 Å². The second-order valence-electron chi connectivity index (χ2n) is 7.40. The number of amides is 1. The van der Waals surface area contributed by atoms with Gasteiger partial charge in [-0.05, 0) is 72.4 Å². The summed E-state index contributed by atoms with van der Waals surface area (Å²) in [5.41, 5.74) is 4.76. The Morgan fingerprint density at radius 2 is 1.79 bits per heavy atom. The molecule has 0 aliphatic heterocycles. The van der Waals surface area contributed by atoms with Gasteiger partial charge in [-0.1, -0.05) is 30.3 Å². The number of rotatable bonds is 6. The summed E-state index contributed by atoms with van der Waals surface area (Å²) in [6.45, 7) is 2.38. The van der Waals surface area contributed by atoms with Crippen LogP contribution < -0.4 is 0 Å². The van der Waals surface area contributed by atoms with Crippen LogP contribution >= 0.6 is 0 Å². The van der Waals surface area contributed by atoms with Crippen LogP contribution in [0.25, 0.3) is 11.1 Å². The zero-order chi connectivity index (χ0) is 19.5. The highest BCUT2D eigenvalue weighted by Crippen LogP contribution is 2.30.